The second-order valence-corrected chi connectivity index (χ2v) is 7.58. The lowest BCUT2D eigenvalue weighted by atomic mass is 9.98. The van der Waals surface area contributed by atoms with E-state index in [1.165, 1.54) is 36.4 Å². The van der Waals surface area contributed by atoms with E-state index in [4.69, 9.17) is 21.8 Å². The van der Waals surface area contributed by atoms with E-state index in [0.717, 1.165) is 18.0 Å². The van der Waals surface area contributed by atoms with Gasteiger partial charge < -0.3 is 4.74 Å². The molecule has 0 saturated carbocycles. The third-order valence-electron chi connectivity index (χ3n) is 4.91. The molecule has 4 aromatic rings. The second kappa shape index (κ2) is 10.2. The Morgan fingerprint density at radius 2 is 1.82 bits per heavy atom. The van der Waals surface area contributed by atoms with Gasteiger partial charge in [0.2, 0.25) is 0 Å². The first-order valence-corrected chi connectivity index (χ1v) is 10.5. The summed E-state index contributed by atoms with van der Waals surface area (Å²) in [6, 6.07) is 21.0. The number of carbonyl (C=O) groups excluding carboxylic acids is 2. The molecule has 0 unspecified atom stereocenters. The summed E-state index contributed by atoms with van der Waals surface area (Å²) in [5.41, 5.74) is 1.58. The highest BCUT2D eigenvalue weighted by Gasteiger charge is 2.13. The number of hydrogen-bond acceptors (Lipinski definition) is 4. The molecule has 164 valence electrons. The largest absolute Gasteiger partial charge is 0.465 e. The first kappa shape index (κ1) is 17.8. The molecule has 0 aliphatic carbocycles. The maximum absolute atomic E-state index is 13.3. The van der Waals surface area contributed by atoms with Crippen LogP contribution < -0.4 is 0 Å². The highest BCUT2D eigenvalue weighted by molar-refractivity contribution is 6.31. The number of fused-ring (bicyclic) bond motifs is 1. The third kappa shape index (κ3) is 5.54. The van der Waals surface area contributed by atoms with Crippen LogP contribution in [0.3, 0.4) is 0 Å². The predicted octanol–water partition coefficient (Wildman–Crippen LogP) is 6.66. The number of nitrogens with zero attached hydrogens (tertiary/aromatic N) is 1. The summed E-state index contributed by atoms with van der Waals surface area (Å²) in [6.45, 7) is 0. The molecule has 0 spiro atoms. The summed E-state index contributed by atoms with van der Waals surface area (Å²) < 4.78 is 38.7. The lowest BCUT2D eigenvalue weighted by molar-refractivity contribution is 0.0599. The normalized spacial score (nSPS) is 13.8. The Labute approximate surface area is 203 Å². The second-order valence-electron chi connectivity index (χ2n) is 7.15. The van der Waals surface area contributed by atoms with Crippen molar-refractivity contribution < 1.29 is 19.8 Å². The van der Waals surface area contributed by atoms with Crippen LogP contribution >= 0.6 is 11.6 Å². The van der Waals surface area contributed by atoms with Gasteiger partial charge in [0.1, 0.15) is 0 Å². The van der Waals surface area contributed by atoms with E-state index in [1.807, 2.05) is 18.2 Å². The van der Waals surface area contributed by atoms with Crippen molar-refractivity contribution >= 4 is 46.4 Å². The van der Waals surface area contributed by atoms with Gasteiger partial charge in [0.25, 0.3) is 0 Å². The smallest absolute Gasteiger partial charge is 0.338 e. The number of benzene rings is 3. The first-order chi connectivity index (χ1) is 17.5. The highest BCUT2D eigenvalue weighted by atomic mass is 35.5. The van der Waals surface area contributed by atoms with Gasteiger partial charge in [-0.25, -0.2) is 9.78 Å². The average molecular weight is 460 g/mol. The number of aryl methyl sites for hydroxylation is 1. The van der Waals surface area contributed by atoms with Crippen molar-refractivity contribution in [2.75, 3.05) is 7.11 Å². The van der Waals surface area contributed by atoms with Gasteiger partial charge in [-0.05, 0) is 53.9 Å². The van der Waals surface area contributed by atoms with Crippen LogP contribution in [-0.2, 0) is 11.1 Å². The van der Waals surface area contributed by atoms with Gasteiger partial charge in [0.15, 0.2) is 5.78 Å². The topological polar surface area (TPSA) is 56.3 Å². The zero-order valence-electron chi connectivity index (χ0n) is 21.7. The molecular weight excluding hydrogens is 434 g/mol. The Morgan fingerprint density at radius 3 is 2.67 bits per heavy atom. The van der Waals surface area contributed by atoms with Gasteiger partial charge >= 0.3 is 5.97 Å². The van der Waals surface area contributed by atoms with Crippen LogP contribution in [0.2, 0.25) is 5.02 Å². The number of hydrogen-bond donors (Lipinski definition) is 0. The van der Waals surface area contributed by atoms with Crippen molar-refractivity contribution in [2.45, 2.75) is 12.7 Å². The van der Waals surface area contributed by atoms with Crippen LogP contribution in [0.4, 0.5) is 0 Å². The summed E-state index contributed by atoms with van der Waals surface area (Å²) in [4.78, 5) is 30.0. The van der Waals surface area contributed by atoms with Crippen LogP contribution in [0.1, 0.15) is 49.4 Å². The summed E-state index contributed by atoms with van der Waals surface area (Å²) in [7, 11) is 1.15. The quantitative estimate of drug-likeness (QED) is 0.229. The van der Waals surface area contributed by atoms with Gasteiger partial charge in [-0.2, -0.15) is 0 Å². The number of aromatic nitrogens is 1. The van der Waals surface area contributed by atoms with E-state index in [0.29, 0.717) is 16.3 Å². The molecule has 3 aromatic carbocycles. The summed E-state index contributed by atoms with van der Waals surface area (Å²) in [6.07, 6.45) is -2.33. The standard InChI is InChI=1S/C28H22ClNO3/c1-33-28(32)25-8-3-2-6-20(25)12-16-27(31)22-7-4-5-19(17-22)9-14-24-15-11-21-10-13-23(29)18-26(21)30-24/h2-11,13-15,17-18H,12,16H2,1H3/i12D2,16D2. The molecule has 0 fully saturated rings. The molecule has 0 N–H and O–H groups in total. The van der Waals surface area contributed by atoms with Gasteiger partial charge in [0, 0.05) is 27.8 Å². The van der Waals surface area contributed by atoms with Crippen molar-refractivity contribution in [3.63, 3.8) is 0 Å². The van der Waals surface area contributed by atoms with E-state index < -0.39 is 24.5 Å². The molecule has 5 heteroatoms. The molecule has 33 heavy (non-hydrogen) atoms. The number of halogens is 1. The first-order valence-electron chi connectivity index (χ1n) is 12.1. The number of methoxy groups -OCH3 is 1. The van der Waals surface area contributed by atoms with Gasteiger partial charge in [0.05, 0.1) is 23.9 Å². The molecule has 0 bridgehead atoms. The SMILES string of the molecule is [2H]C([2H])(C(=O)c1cccc(C=Cc2ccc3ccc(Cl)cc3n2)c1)C([2H])([2H])c1ccccc1C(=O)OC. The number of carbonyl (C=O) groups is 2. The number of pyridine rings is 1. The van der Waals surface area contributed by atoms with E-state index in [1.54, 1.807) is 36.4 Å². The van der Waals surface area contributed by atoms with E-state index in [2.05, 4.69) is 4.98 Å². The molecule has 0 saturated heterocycles. The fourth-order valence-electron chi connectivity index (χ4n) is 3.24. The van der Waals surface area contributed by atoms with Gasteiger partial charge in [-0.1, -0.05) is 66.2 Å². The van der Waals surface area contributed by atoms with E-state index >= 15 is 0 Å². The average Bonchev–Trinajstić information content (AvgIpc) is 2.90. The van der Waals surface area contributed by atoms with Gasteiger partial charge in [-0.3, -0.25) is 4.79 Å². The van der Waals surface area contributed by atoms with Gasteiger partial charge in [-0.15, -0.1) is 0 Å². The maximum atomic E-state index is 13.3. The maximum Gasteiger partial charge on any atom is 0.338 e. The molecule has 1 heterocycles. The monoisotopic (exact) mass is 459 g/mol. The van der Waals surface area contributed by atoms with Crippen molar-refractivity contribution in [1.82, 2.24) is 4.98 Å². The molecule has 0 atom stereocenters. The number of esters is 1. The minimum absolute atomic E-state index is 0.00942. The molecule has 4 nitrogen and oxygen atoms in total. The molecule has 0 amide bonds. The number of Topliss-reactive ketones (excluding diaryl/α,β-unsaturated/α-hetero) is 1. The van der Waals surface area contributed by atoms with Crippen LogP contribution in [0.25, 0.3) is 23.1 Å². The van der Waals surface area contributed by atoms with Crippen molar-refractivity contribution in [3.8, 4) is 0 Å². The number of rotatable bonds is 7. The van der Waals surface area contributed by atoms with E-state index in [9.17, 15) is 9.59 Å². The van der Waals surface area contributed by atoms with Crippen LogP contribution in [-0.4, -0.2) is 23.8 Å². The molecule has 0 aliphatic heterocycles. The highest BCUT2D eigenvalue weighted by Crippen LogP contribution is 2.20. The molecule has 4 rings (SSSR count). The van der Waals surface area contributed by atoms with Crippen molar-refractivity contribution in [2.24, 2.45) is 0 Å². The molecule has 0 radical (unpaired) electrons. The predicted molar refractivity (Wildman–Crippen MR) is 133 cm³/mol. The van der Waals surface area contributed by atoms with Crippen LogP contribution in [0.5, 0.6) is 0 Å². The Morgan fingerprint density at radius 1 is 1.00 bits per heavy atom. The van der Waals surface area contributed by atoms with E-state index in [-0.39, 0.29) is 16.7 Å². The Bertz CT molecular complexity index is 1540. The Balaban J connectivity index is 1.63. The Hall–Kier alpha value is -3.76. The molecule has 1 aromatic heterocycles. The lowest BCUT2D eigenvalue weighted by Crippen LogP contribution is -2.08. The summed E-state index contributed by atoms with van der Waals surface area (Å²) >= 11 is 6.06. The number of ether oxygens (including phenoxy) is 1. The summed E-state index contributed by atoms with van der Waals surface area (Å²) in [5, 5.41) is 1.52. The van der Waals surface area contributed by atoms with Crippen molar-refractivity contribution in [3.05, 3.63) is 112 Å². The molecule has 0 aliphatic rings. The fraction of sp³-hybridized carbons (Fsp3) is 0.107. The summed E-state index contributed by atoms with van der Waals surface area (Å²) in [5.74, 6) is -1.87. The Kier molecular flexibility index (Phi) is 5.51. The lowest BCUT2D eigenvalue weighted by Gasteiger charge is -2.07. The van der Waals surface area contributed by atoms with Crippen LogP contribution in [0.15, 0.2) is 78.9 Å². The minimum atomic E-state index is -2.99. The number of ketones is 1. The minimum Gasteiger partial charge on any atom is -0.465 e. The molecular formula is C28H22ClNO3. The zero-order chi connectivity index (χ0) is 26.8. The third-order valence-corrected chi connectivity index (χ3v) is 5.15. The van der Waals surface area contributed by atoms with Crippen LogP contribution in [0, 0.1) is 0 Å². The van der Waals surface area contributed by atoms with Crippen molar-refractivity contribution in [1.29, 1.82) is 0 Å². The fourth-order valence-corrected chi connectivity index (χ4v) is 3.41. The zero-order valence-corrected chi connectivity index (χ0v) is 18.5.